The molecule has 1 aromatic carbocycles. The zero-order chi connectivity index (χ0) is 33.3. The summed E-state index contributed by atoms with van der Waals surface area (Å²) in [7, 11) is 0. The number of carbonyl (C=O) groups is 3. The third-order valence-corrected chi connectivity index (χ3v) is 11.1. The number of alkyl halides is 3. The van der Waals surface area contributed by atoms with Gasteiger partial charge in [-0.05, 0) is 83.8 Å². The Morgan fingerprint density at radius 3 is 2.40 bits per heavy atom. The normalized spacial score (nSPS) is 20.9. The van der Waals surface area contributed by atoms with Gasteiger partial charge in [-0.1, -0.05) is 0 Å². The molecule has 0 saturated carbocycles. The first-order chi connectivity index (χ1) is 22.5. The van der Waals surface area contributed by atoms with Crippen molar-refractivity contribution in [1.29, 1.82) is 0 Å². The van der Waals surface area contributed by atoms with Crippen LogP contribution in [0.4, 0.5) is 33.4 Å². The second-order valence-corrected chi connectivity index (χ2v) is 14.3. The number of piperidine rings is 2. The number of nitrogens with one attached hydrogen (secondary N) is 2. The summed E-state index contributed by atoms with van der Waals surface area (Å²) in [5, 5.41) is 9.08. The number of hydrogen-bond donors (Lipinski definition) is 3. The smallest absolute Gasteiger partial charge is 0.418 e. The molecule has 11 nitrogen and oxygen atoms in total. The van der Waals surface area contributed by atoms with Crippen molar-refractivity contribution < 1.29 is 32.3 Å². The highest BCUT2D eigenvalue weighted by molar-refractivity contribution is 9.10. The molecule has 0 unspecified atom stereocenters. The van der Waals surface area contributed by atoms with Gasteiger partial charge in [-0.3, -0.25) is 15.0 Å². The summed E-state index contributed by atoms with van der Waals surface area (Å²) in [6.07, 6.45) is -3.85. The fourth-order valence-corrected chi connectivity index (χ4v) is 8.25. The summed E-state index contributed by atoms with van der Waals surface area (Å²) in [6.45, 7) is 5.25. The van der Waals surface area contributed by atoms with Crippen molar-refractivity contribution in [2.24, 2.45) is 0 Å². The standard InChI is InChI=1S/C31H39BrF3N7O4S/c32-24-16-19(15-23(26(24)36)31(33,34)35)17-25(28(43)40-12-10-39(11-13-40)21-1-6-37-7-2-21)46-30(45)41-8-3-22(4-9-41)42-18-20-5-14-47-27(20)38-29(42)44/h5,14-16,21-22,25,37H,1-4,6-13,17-18,36H2,(H,38,44)/t25-/m1/s1. The zero-order valence-corrected chi connectivity index (χ0v) is 28.3. The summed E-state index contributed by atoms with van der Waals surface area (Å²) >= 11 is 4.60. The Morgan fingerprint density at radius 1 is 1.02 bits per heavy atom. The highest BCUT2D eigenvalue weighted by Crippen LogP contribution is 2.38. The SMILES string of the molecule is Nc1c(Br)cc(C[C@@H](OC(=O)N2CCC(N3Cc4ccsc4NC3=O)CC2)C(=O)N2CCN(C3CCNCC3)CC2)cc1C(F)(F)F. The van der Waals surface area contributed by atoms with Crippen molar-refractivity contribution in [2.75, 3.05) is 63.4 Å². The summed E-state index contributed by atoms with van der Waals surface area (Å²) in [4.78, 5) is 47.4. The molecule has 256 valence electrons. The van der Waals surface area contributed by atoms with E-state index >= 15 is 0 Å². The summed E-state index contributed by atoms with van der Waals surface area (Å²) in [5.74, 6) is -0.434. The summed E-state index contributed by atoms with van der Waals surface area (Å²) in [6, 6.07) is 4.54. The second-order valence-electron chi connectivity index (χ2n) is 12.5. The molecule has 2 aromatic rings. The maximum atomic E-state index is 13.9. The minimum Gasteiger partial charge on any atom is -0.436 e. The van der Waals surface area contributed by atoms with Gasteiger partial charge in [0.25, 0.3) is 5.91 Å². The van der Waals surface area contributed by atoms with E-state index in [1.165, 1.54) is 22.3 Å². The van der Waals surface area contributed by atoms with Crippen molar-refractivity contribution in [3.05, 3.63) is 44.7 Å². The molecule has 5 heterocycles. The Balaban J connectivity index is 1.13. The number of carbonyl (C=O) groups excluding carboxylic acids is 3. The average Bonchev–Trinajstić information content (AvgIpc) is 3.52. The number of likely N-dealkylation sites (tertiary alicyclic amines) is 1. The van der Waals surface area contributed by atoms with Crippen molar-refractivity contribution in [3.8, 4) is 0 Å². The number of nitrogens with two attached hydrogens (primary N) is 1. The van der Waals surface area contributed by atoms with Crippen molar-refractivity contribution >= 4 is 56.0 Å². The van der Waals surface area contributed by atoms with Crippen molar-refractivity contribution in [1.82, 2.24) is 24.9 Å². The molecule has 4 N–H and O–H groups in total. The van der Waals surface area contributed by atoms with E-state index in [9.17, 15) is 27.6 Å². The molecule has 0 spiro atoms. The van der Waals surface area contributed by atoms with E-state index in [4.69, 9.17) is 10.5 Å². The quantitative estimate of drug-likeness (QED) is 0.371. The molecule has 4 aliphatic rings. The molecule has 1 aromatic heterocycles. The lowest BCUT2D eigenvalue weighted by molar-refractivity contribution is -0.143. The molecule has 6 rings (SSSR count). The van der Waals surface area contributed by atoms with Crippen molar-refractivity contribution in [2.45, 2.75) is 63.0 Å². The van der Waals surface area contributed by atoms with Gasteiger partial charge in [0.1, 0.15) is 5.00 Å². The lowest BCUT2D eigenvalue weighted by Crippen LogP contribution is -2.56. The number of anilines is 2. The molecule has 0 bridgehead atoms. The zero-order valence-electron chi connectivity index (χ0n) is 25.9. The molecule has 1 atom stereocenters. The molecular formula is C31H39BrF3N7O4S. The minimum atomic E-state index is -4.70. The molecule has 3 saturated heterocycles. The fourth-order valence-electron chi connectivity index (χ4n) is 6.95. The first kappa shape index (κ1) is 33.8. The highest BCUT2D eigenvalue weighted by Gasteiger charge is 2.38. The van der Waals surface area contributed by atoms with Gasteiger partial charge in [0.05, 0.1) is 17.8 Å². The topological polar surface area (TPSA) is 123 Å². The molecular weight excluding hydrogens is 703 g/mol. The van der Waals surface area contributed by atoms with Gasteiger partial charge in [0, 0.05) is 67.8 Å². The van der Waals surface area contributed by atoms with E-state index in [0.29, 0.717) is 64.7 Å². The van der Waals surface area contributed by atoms with E-state index in [1.807, 2.05) is 11.4 Å². The third kappa shape index (κ3) is 7.65. The molecule has 47 heavy (non-hydrogen) atoms. The Hall–Kier alpha value is -3.08. The Labute approximate surface area is 283 Å². The Kier molecular flexibility index (Phi) is 10.2. The number of nitrogens with zero attached hydrogens (tertiary/aromatic N) is 4. The largest absolute Gasteiger partial charge is 0.436 e. The van der Waals surface area contributed by atoms with Crippen LogP contribution < -0.4 is 16.4 Å². The van der Waals surface area contributed by atoms with Crippen LogP contribution in [0.5, 0.6) is 0 Å². The summed E-state index contributed by atoms with van der Waals surface area (Å²) in [5.41, 5.74) is 5.47. The van der Waals surface area contributed by atoms with E-state index in [1.54, 1.807) is 9.80 Å². The average molecular weight is 743 g/mol. The lowest BCUT2D eigenvalue weighted by Gasteiger charge is -2.42. The summed E-state index contributed by atoms with van der Waals surface area (Å²) < 4.78 is 47.2. The predicted molar refractivity (Wildman–Crippen MR) is 175 cm³/mol. The first-order valence-electron chi connectivity index (χ1n) is 16.0. The van der Waals surface area contributed by atoms with Crippen molar-refractivity contribution in [3.63, 3.8) is 0 Å². The van der Waals surface area contributed by atoms with Gasteiger partial charge in [-0.2, -0.15) is 13.2 Å². The van der Waals surface area contributed by atoms with Gasteiger partial charge >= 0.3 is 18.3 Å². The molecule has 0 aliphatic carbocycles. The number of rotatable bonds is 6. The molecule has 0 radical (unpaired) electrons. The fraction of sp³-hybridized carbons (Fsp3) is 0.581. The number of thiophene rings is 1. The lowest BCUT2D eigenvalue weighted by atomic mass is 10.0. The number of fused-ring (bicyclic) bond motifs is 1. The van der Waals surface area contributed by atoms with E-state index < -0.39 is 35.5 Å². The maximum Gasteiger partial charge on any atom is 0.418 e. The van der Waals surface area contributed by atoms with Crippen LogP contribution in [0.25, 0.3) is 0 Å². The Bertz CT molecular complexity index is 1470. The number of piperazine rings is 1. The number of nitrogen functional groups attached to an aromatic ring is 1. The van der Waals surface area contributed by atoms with Crippen LogP contribution in [0, 0.1) is 0 Å². The van der Waals surface area contributed by atoms with E-state index in [0.717, 1.165) is 42.6 Å². The minimum absolute atomic E-state index is 0.0498. The molecule has 3 fully saturated rings. The maximum absolute atomic E-state index is 13.9. The number of halogens is 4. The van der Waals surface area contributed by atoms with Gasteiger partial charge < -0.3 is 30.5 Å². The highest BCUT2D eigenvalue weighted by atomic mass is 79.9. The molecule has 16 heteroatoms. The molecule has 4 amide bonds. The number of amides is 4. The third-order valence-electron chi connectivity index (χ3n) is 9.62. The first-order valence-corrected chi connectivity index (χ1v) is 17.6. The molecule has 4 aliphatic heterocycles. The van der Waals surface area contributed by atoms with Gasteiger partial charge in [-0.15, -0.1) is 11.3 Å². The van der Waals surface area contributed by atoms with Crippen LogP contribution in [-0.2, 0) is 28.7 Å². The van der Waals surface area contributed by atoms with Crippen LogP contribution in [0.2, 0.25) is 0 Å². The number of benzene rings is 1. The van der Waals surface area contributed by atoms with Crippen LogP contribution in [0.15, 0.2) is 28.1 Å². The van der Waals surface area contributed by atoms with Crippen LogP contribution in [-0.4, -0.2) is 108 Å². The van der Waals surface area contributed by atoms with Gasteiger partial charge in [0.15, 0.2) is 6.10 Å². The van der Waals surface area contributed by atoms with E-state index in [-0.39, 0.29) is 28.5 Å². The van der Waals surface area contributed by atoms with E-state index in [2.05, 4.69) is 31.5 Å². The van der Waals surface area contributed by atoms with Crippen LogP contribution in [0.3, 0.4) is 0 Å². The number of hydrogen-bond acceptors (Lipinski definition) is 8. The number of ether oxygens (including phenoxy) is 1. The monoisotopic (exact) mass is 741 g/mol. The Morgan fingerprint density at radius 2 is 1.72 bits per heavy atom. The van der Waals surface area contributed by atoms with Gasteiger partial charge in [-0.25, -0.2) is 9.59 Å². The van der Waals surface area contributed by atoms with Gasteiger partial charge in [0.2, 0.25) is 0 Å². The second kappa shape index (κ2) is 14.2. The van der Waals surface area contributed by atoms with Crippen LogP contribution in [0.1, 0.15) is 42.4 Å². The van der Waals surface area contributed by atoms with Crippen LogP contribution >= 0.6 is 27.3 Å². The number of urea groups is 1. The predicted octanol–water partition coefficient (Wildman–Crippen LogP) is 4.57.